The third kappa shape index (κ3) is 4.21. The molecule has 0 spiro atoms. The Morgan fingerprint density at radius 3 is 2.45 bits per heavy atom. The highest BCUT2D eigenvalue weighted by Crippen LogP contribution is 2.37. The molecule has 7 heteroatoms. The van der Waals surface area contributed by atoms with E-state index in [1.54, 1.807) is 14.0 Å². The molecule has 2 saturated heterocycles. The van der Waals surface area contributed by atoms with Crippen molar-refractivity contribution in [1.82, 2.24) is 19.2 Å². The molecule has 156 valence electrons. The molecular weight excluding hydrogens is 368 g/mol. The molecule has 2 aromatic rings. The number of carbonyl (C=O) groups excluding carboxylic acids is 1. The van der Waals surface area contributed by atoms with Gasteiger partial charge in [-0.15, -0.1) is 0 Å². The number of carbonyl (C=O) groups is 1. The molecule has 0 radical (unpaired) electrons. The van der Waals surface area contributed by atoms with Crippen LogP contribution in [-0.4, -0.2) is 49.8 Å². The van der Waals surface area contributed by atoms with Crippen molar-refractivity contribution in [1.29, 1.82) is 0 Å². The highest BCUT2D eigenvalue weighted by molar-refractivity contribution is 5.80. The summed E-state index contributed by atoms with van der Waals surface area (Å²) in [6.45, 7) is 4.97. The normalized spacial score (nSPS) is 24.2. The molecule has 4 rings (SSSR count). The minimum atomic E-state index is -0.234. The zero-order valence-corrected chi connectivity index (χ0v) is 17.5. The Morgan fingerprint density at radius 2 is 1.83 bits per heavy atom. The first-order valence-electron chi connectivity index (χ1n) is 10.5. The molecular formula is C22H30N4O3. The lowest BCUT2D eigenvalue weighted by Crippen LogP contribution is -2.48. The summed E-state index contributed by atoms with van der Waals surface area (Å²) in [5.41, 5.74) is 2.27. The van der Waals surface area contributed by atoms with Crippen molar-refractivity contribution < 1.29 is 9.53 Å². The second kappa shape index (κ2) is 8.24. The van der Waals surface area contributed by atoms with Gasteiger partial charge in [0.1, 0.15) is 12.4 Å². The van der Waals surface area contributed by atoms with E-state index >= 15 is 0 Å². The fourth-order valence-corrected chi connectivity index (χ4v) is 4.72. The van der Waals surface area contributed by atoms with Crippen LogP contribution in [0, 0.1) is 13.8 Å². The molecule has 29 heavy (non-hydrogen) atoms. The highest BCUT2D eigenvalue weighted by Gasteiger charge is 2.41. The van der Waals surface area contributed by atoms with Gasteiger partial charge < -0.3 is 4.74 Å². The van der Waals surface area contributed by atoms with Crippen molar-refractivity contribution in [3.8, 4) is 0 Å². The van der Waals surface area contributed by atoms with E-state index in [1.165, 1.54) is 20.4 Å². The first-order chi connectivity index (χ1) is 13.9. The molecule has 2 aliphatic rings. The van der Waals surface area contributed by atoms with Crippen molar-refractivity contribution >= 4 is 5.78 Å². The third-order valence-corrected chi connectivity index (χ3v) is 6.52. The van der Waals surface area contributed by atoms with Crippen LogP contribution < -0.4 is 5.69 Å². The Bertz CT molecular complexity index is 934. The van der Waals surface area contributed by atoms with Crippen LogP contribution in [0.3, 0.4) is 0 Å². The van der Waals surface area contributed by atoms with Crippen LogP contribution in [0.1, 0.15) is 42.6 Å². The maximum atomic E-state index is 12.6. The molecule has 2 bridgehead atoms. The fraction of sp³-hybridized carbons (Fsp3) is 0.591. The van der Waals surface area contributed by atoms with E-state index in [-0.39, 0.29) is 24.1 Å². The number of benzene rings is 1. The third-order valence-electron chi connectivity index (χ3n) is 6.52. The molecule has 0 amide bonds. The van der Waals surface area contributed by atoms with Crippen molar-refractivity contribution in [3.63, 3.8) is 0 Å². The lowest BCUT2D eigenvalue weighted by molar-refractivity contribution is -0.123. The van der Waals surface area contributed by atoms with E-state index in [2.05, 4.69) is 41.2 Å². The van der Waals surface area contributed by atoms with E-state index in [0.29, 0.717) is 31.1 Å². The van der Waals surface area contributed by atoms with Crippen LogP contribution in [0.5, 0.6) is 0 Å². The van der Waals surface area contributed by atoms with Crippen LogP contribution >= 0.6 is 0 Å². The number of hydrogen-bond donors (Lipinski definition) is 0. The van der Waals surface area contributed by atoms with Gasteiger partial charge in [-0.1, -0.05) is 24.3 Å². The van der Waals surface area contributed by atoms with Crippen LogP contribution in [0.25, 0.3) is 0 Å². The van der Waals surface area contributed by atoms with Crippen LogP contribution in [0.15, 0.2) is 29.1 Å². The van der Waals surface area contributed by atoms with Gasteiger partial charge in [0.15, 0.2) is 5.78 Å². The molecule has 1 aromatic carbocycles. The standard InChI is InChI=1S/C22H30N4O3/c1-15-6-4-5-7-17(15)14-29-21-10-18-8-9-19(11-21)25(18)12-20(27)13-26-22(28)24(3)16(2)23-26/h4-7,18-19,21H,8-14H2,1-3H3. The molecule has 0 N–H and O–H groups in total. The number of aryl methyl sites for hydroxylation is 2. The van der Waals surface area contributed by atoms with Gasteiger partial charge in [-0.2, -0.15) is 5.10 Å². The summed E-state index contributed by atoms with van der Waals surface area (Å²) in [5.74, 6) is 0.663. The molecule has 0 aliphatic carbocycles. The number of fused-ring (bicyclic) bond motifs is 2. The number of aromatic nitrogens is 3. The number of ketones is 1. The first kappa shape index (κ1) is 20.0. The summed E-state index contributed by atoms with van der Waals surface area (Å²) < 4.78 is 8.98. The zero-order chi connectivity index (χ0) is 20.5. The average molecular weight is 399 g/mol. The smallest absolute Gasteiger partial charge is 0.346 e. The maximum absolute atomic E-state index is 12.6. The summed E-state index contributed by atoms with van der Waals surface area (Å²) in [5, 5.41) is 4.18. The Kier molecular flexibility index (Phi) is 5.69. The fourth-order valence-electron chi connectivity index (χ4n) is 4.72. The van der Waals surface area contributed by atoms with Gasteiger partial charge in [-0.3, -0.25) is 14.3 Å². The molecule has 2 aliphatic heterocycles. The Morgan fingerprint density at radius 1 is 1.14 bits per heavy atom. The lowest BCUT2D eigenvalue weighted by Gasteiger charge is -2.38. The van der Waals surface area contributed by atoms with Crippen LogP contribution in [0.2, 0.25) is 0 Å². The average Bonchev–Trinajstić information content (AvgIpc) is 3.06. The van der Waals surface area contributed by atoms with Gasteiger partial charge in [0.05, 0.1) is 19.3 Å². The van der Waals surface area contributed by atoms with E-state index in [0.717, 1.165) is 25.7 Å². The van der Waals surface area contributed by atoms with Gasteiger partial charge in [-0.05, 0) is 50.7 Å². The maximum Gasteiger partial charge on any atom is 0.346 e. The number of nitrogens with zero attached hydrogens (tertiary/aromatic N) is 4. The SMILES string of the molecule is Cc1ccccc1COC1CC2CCC(C1)N2CC(=O)Cn1nc(C)n(C)c1=O. The molecule has 0 saturated carbocycles. The number of Topliss-reactive ketones (excluding diaryl/α,β-unsaturated/α-hetero) is 1. The predicted molar refractivity (Wildman–Crippen MR) is 110 cm³/mol. The summed E-state index contributed by atoms with van der Waals surface area (Å²) in [6, 6.07) is 9.13. The Hall–Kier alpha value is -2.25. The lowest BCUT2D eigenvalue weighted by atomic mass is 9.99. The molecule has 2 atom stereocenters. The van der Waals surface area contributed by atoms with Crippen molar-refractivity contribution in [2.75, 3.05) is 6.54 Å². The van der Waals surface area contributed by atoms with Gasteiger partial charge in [0, 0.05) is 19.1 Å². The summed E-state index contributed by atoms with van der Waals surface area (Å²) in [6.07, 6.45) is 4.42. The largest absolute Gasteiger partial charge is 0.373 e. The number of rotatable bonds is 7. The second-order valence-corrected chi connectivity index (χ2v) is 8.47. The zero-order valence-electron chi connectivity index (χ0n) is 17.5. The Labute approximate surface area is 171 Å². The van der Waals surface area contributed by atoms with Crippen LogP contribution in [-0.2, 0) is 29.7 Å². The second-order valence-electron chi connectivity index (χ2n) is 8.47. The molecule has 1 aromatic heterocycles. The van der Waals surface area contributed by atoms with E-state index in [4.69, 9.17) is 4.74 Å². The quantitative estimate of drug-likeness (QED) is 0.713. The molecule has 3 heterocycles. The van der Waals surface area contributed by atoms with E-state index < -0.39 is 0 Å². The van der Waals surface area contributed by atoms with Gasteiger partial charge in [0.25, 0.3) is 0 Å². The highest BCUT2D eigenvalue weighted by atomic mass is 16.5. The summed E-state index contributed by atoms with van der Waals surface area (Å²) in [4.78, 5) is 27.0. The van der Waals surface area contributed by atoms with Gasteiger partial charge >= 0.3 is 5.69 Å². The Balaban J connectivity index is 1.32. The van der Waals surface area contributed by atoms with Crippen molar-refractivity contribution in [3.05, 3.63) is 51.7 Å². The van der Waals surface area contributed by atoms with Crippen molar-refractivity contribution in [2.45, 2.75) is 70.9 Å². The van der Waals surface area contributed by atoms with Crippen LogP contribution in [0.4, 0.5) is 0 Å². The number of ether oxygens (including phenoxy) is 1. The van der Waals surface area contributed by atoms with E-state index in [1.807, 2.05) is 0 Å². The summed E-state index contributed by atoms with van der Waals surface area (Å²) in [7, 11) is 1.67. The minimum absolute atomic E-state index is 0.0429. The summed E-state index contributed by atoms with van der Waals surface area (Å²) >= 11 is 0. The minimum Gasteiger partial charge on any atom is -0.373 e. The number of piperidine rings is 1. The predicted octanol–water partition coefficient (Wildman–Crippen LogP) is 1.98. The topological polar surface area (TPSA) is 69.4 Å². The molecule has 2 unspecified atom stereocenters. The van der Waals surface area contributed by atoms with E-state index in [9.17, 15) is 9.59 Å². The van der Waals surface area contributed by atoms with Gasteiger partial charge in [-0.25, -0.2) is 9.48 Å². The van der Waals surface area contributed by atoms with Crippen molar-refractivity contribution in [2.24, 2.45) is 7.05 Å². The monoisotopic (exact) mass is 398 g/mol. The van der Waals surface area contributed by atoms with Gasteiger partial charge in [0.2, 0.25) is 0 Å². The molecule has 7 nitrogen and oxygen atoms in total. The number of hydrogen-bond acceptors (Lipinski definition) is 5. The first-order valence-corrected chi connectivity index (χ1v) is 10.5. The molecule has 2 fully saturated rings.